The zero-order valence-corrected chi connectivity index (χ0v) is 15.2. The number of nitrogens with zero attached hydrogens (tertiary/aromatic N) is 1. The van der Waals surface area contributed by atoms with Crippen molar-refractivity contribution in [2.75, 3.05) is 32.8 Å². The van der Waals surface area contributed by atoms with Crippen molar-refractivity contribution in [2.24, 2.45) is 0 Å². The molecule has 1 aromatic rings. The SMILES string of the molecule is O=Cc1c(OC2CN(C(=O)CC3CNCCO3)C2)ccc2c1OBC1CC21. The molecule has 1 N–H and O–H groups in total. The molecule has 3 unspecified atom stereocenters. The summed E-state index contributed by atoms with van der Waals surface area (Å²) in [5.41, 5.74) is 1.64. The fraction of sp³-hybridized carbons (Fsp3) is 0.579. The number of ether oxygens (including phenoxy) is 2. The van der Waals surface area contributed by atoms with E-state index in [0.29, 0.717) is 62.4 Å². The van der Waals surface area contributed by atoms with Crippen LogP contribution in [0.3, 0.4) is 0 Å². The number of likely N-dealkylation sites (tertiary alicyclic amines) is 1. The van der Waals surface area contributed by atoms with Gasteiger partial charge in [0.05, 0.1) is 37.8 Å². The molecule has 27 heavy (non-hydrogen) atoms. The Bertz CT molecular complexity index is 761. The minimum Gasteiger partial charge on any atom is -0.563 e. The lowest BCUT2D eigenvalue weighted by Crippen LogP contribution is -2.57. The summed E-state index contributed by atoms with van der Waals surface area (Å²) >= 11 is 0. The van der Waals surface area contributed by atoms with E-state index in [4.69, 9.17) is 14.1 Å². The topological polar surface area (TPSA) is 77.1 Å². The van der Waals surface area contributed by atoms with Crippen LogP contribution >= 0.6 is 0 Å². The predicted octanol–water partition coefficient (Wildman–Crippen LogP) is 0.487. The number of hydrogen-bond donors (Lipinski definition) is 1. The lowest BCUT2D eigenvalue weighted by atomic mass is 9.84. The van der Waals surface area contributed by atoms with E-state index in [1.165, 1.54) is 0 Å². The molecule has 3 fully saturated rings. The fourth-order valence-corrected chi connectivity index (χ4v) is 4.24. The molecule has 2 saturated heterocycles. The predicted molar refractivity (Wildman–Crippen MR) is 98.9 cm³/mol. The summed E-state index contributed by atoms with van der Waals surface area (Å²) in [5, 5.41) is 3.23. The number of morpholine rings is 1. The molecule has 1 aromatic carbocycles. The van der Waals surface area contributed by atoms with E-state index < -0.39 is 0 Å². The van der Waals surface area contributed by atoms with Crippen molar-refractivity contribution >= 4 is 19.7 Å². The molecule has 8 heteroatoms. The normalized spacial score (nSPS) is 28.7. The summed E-state index contributed by atoms with van der Waals surface area (Å²) in [6.07, 6.45) is 2.23. The van der Waals surface area contributed by atoms with Gasteiger partial charge in [-0.3, -0.25) is 9.59 Å². The van der Waals surface area contributed by atoms with Crippen LogP contribution in [0.2, 0.25) is 5.82 Å². The highest BCUT2D eigenvalue weighted by atomic mass is 16.5. The summed E-state index contributed by atoms with van der Waals surface area (Å²) < 4.78 is 17.4. The Balaban J connectivity index is 1.19. The Morgan fingerprint density at radius 1 is 1.41 bits per heavy atom. The molecule has 1 aliphatic carbocycles. The molecule has 3 atom stereocenters. The van der Waals surface area contributed by atoms with E-state index in [1.807, 2.05) is 12.1 Å². The highest BCUT2D eigenvalue weighted by molar-refractivity contribution is 6.34. The maximum atomic E-state index is 12.3. The second kappa shape index (κ2) is 6.84. The molecule has 3 aliphatic heterocycles. The molecule has 0 bridgehead atoms. The lowest BCUT2D eigenvalue weighted by molar-refractivity contribution is -0.143. The zero-order chi connectivity index (χ0) is 18.4. The van der Waals surface area contributed by atoms with Crippen LogP contribution in [0.1, 0.15) is 34.7 Å². The number of rotatable bonds is 5. The molecule has 5 rings (SSSR count). The average Bonchev–Trinajstić information content (AvgIpc) is 3.44. The number of fused-ring (bicyclic) bond motifs is 3. The Hall–Kier alpha value is -2.06. The van der Waals surface area contributed by atoms with E-state index >= 15 is 0 Å². The molecular weight excluding hydrogens is 347 g/mol. The smallest absolute Gasteiger partial charge is 0.343 e. The molecule has 4 aliphatic rings. The highest BCUT2D eigenvalue weighted by Crippen LogP contribution is 2.58. The van der Waals surface area contributed by atoms with Crippen LogP contribution in [0.25, 0.3) is 0 Å². The van der Waals surface area contributed by atoms with Crippen LogP contribution in [0.4, 0.5) is 0 Å². The second-order valence-electron chi connectivity index (χ2n) is 7.87. The Labute approximate surface area is 158 Å². The van der Waals surface area contributed by atoms with E-state index in [-0.39, 0.29) is 18.1 Å². The minimum absolute atomic E-state index is 0.0445. The van der Waals surface area contributed by atoms with E-state index in [2.05, 4.69) is 5.32 Å². The number of benzene rings is 1. The van der Waals surface area contributed by atoms with Gasteiger partial charge in [-0.25, -0.2) is 0 Å². The first-order valence-corrected chi connectivity index (χ1v) is 9.74. The monoisotopic (exact) mass is 370 g/mol. The summed E-state index contributed by atoms with van der Waals surface area (Å²) in [6, 6.07) is 3.90. The first-order chi connectivity index (χ1) is 13.2. The molecule has 7 nitrogen and oxygen atoms in total. The number of nitrogens with one attached hydrogen (secondary N) is 1. The Kier molecular flexibility index (Phi) is 4.32. The molecular formula is C19H23BN2O5. The molecule has 3 heterocycles. The van der Waals surface area contributed by atoms with Gasteiger partial charge in [-0.1, -0.05) is 6.07 Å². The van der Waals surface area contributed by atoms with E-state index in [1.54, 1.807) is 4.90 Å². The first-order valence-electron chi connectivity index (χ1n) is 9.74. The van der Waals surface area contributed by atoms with Gasteiger partial charge < -0.3 is 24.3 Å². The van der Waals surface area contributed by atoms with Gasteiger partial charge in [0.1, 0.15) is 17.6 Å². The molecule has 0 aromatic heterocycles. The average molecular weight is 370 g/mol. The number of carbonyl (C=O) groups is 2. The van der Waals surface area contributed by atoms with Crippen molar-refractivity contribution in [3.63, 3.8) is 0 Å². The van der Waals surface area contributed by atoms with Crippen molar-refractivity contribution in [3.05, 3.63) is 23.3 Å². The second-order valence-corrected chi connectivity index (χ2v) is 7.87. The van der Waals surface area contributed by atoms with Crippen LogP contribution in [-0.2, 0) is 9.53 Å². The van der Waals surface area contributed by atoms with Gasteiger partial charge in [-0.05, 0) is 29.8 Å². The summed E-state index contributed by atoms with van der Waals surface area (Å²) in [6.45, 7) is 3.30. The molecule has 142 valence electrons. The number of carbonyl (C=O) groups excluding carboxylic acids is 2. The van der Waals surface area contributed by atoms with Crippen molar-refractivity contribution in [1.29, 1.82) is 0 Å². The van der Waals surface area contributed by atoms with E-state index in [9.17, 15) is 9.59 Å². The maximum absolute atomic E-state index is 12.3. The molecule has 1 saturated carbocycles. The minimum atomic E-state index is -0.0895. The number of aldehydes is 1. The van der Waals surface area contributed by atoms with Gasteiger partial charge in [0.2, 0.25) is 5.91 Å². The van der Waals surface area contributed by atoms with Crippen molar-refractivity contribution in [1.82, 2.24) is 10.2 Å². The summed E-state index contributed by atoms with van der Waals surface area (Å²) in [7, 11) is 0.686. The van der Waals surface area contributed by atoms with Crippen molar-refractivity contribution < 1.29 is 23.7 Å². The van der Waals surface area contributed by atoms with Crippen LogP contribution < -0.4 is 14.7 Å². The van der Waals surface area contributed by atoms with Gasteiger partial charge in [0.25, 0.3) is 0 Å². The Morgan fingerprint density at radius 3 is 3.07 bits per heavy atom. The largest absolute Gasteiger partial charge is 0.563 e. The summed E-state index contributed by atoms with van der Waals surface area (Å²) in [4.78, 5) is 25.8. The van der Waals surface area contributed by atoms with Crippen LogP contribution in [0.15, 0.2) is 12.1 Å². The van der Waals surface area contributed by atoms with Gasteiger partial charge >= 0.3 is 7.48 Å². The zero-order valence-electron chi connectivity index (χ0n) is 15.2. The Morgan fingerprint density at radius 2 is 2.30 bits per heavy atom. The molecule has 1 amide bonds. The third kappa shape index (κ3) is 3.21. The van der Waals surface area contributed by atoms with Gasteiger partial charge in [0, 0.05) is 13.1 Å². The van der Waals surface area contributed by atoms with Crippen LogP contribution in [0.5, 0.6) is 11.5 Å². The molecule has 0 radical (unpaired) electrons. The fourth-order valence-electron chi connectivity index (χ4n) is 4.24. The first kappa shape index (κ1) is 17.1. The lowest BCUT2D eigenvalue weighted by Gasteiger charge is -2.40. The number of hydrogen-bond acceptors (Lipinski definition) is 6. The molecule has 0 spiro atoms. The third-order valence-corrected chi connectivity index (χ3v) is 5.97. The van der Waals surface area contributed by atoms with Gasteiger partial charge in [0.15, 0.2) is 6.29 Å². The van der Waals surface area contributed by atoms with Crippen molar-refractivity contribution in [2.45, 2.75) is 36.8 Å². The third-order valence-electron chi connectivity index (χ3n) is 5.97. The van der Waals surface area contributed by atoms with Crippen molar-refractivity contribution in [3.8, 4) is 11.5 Å². The van der Waals surface area contributed by atoms with Gasteiger partial charge in [-0.2, -0.15) is 0 Å². The maximum Gasteiger partial charge on any atom is 0.343 e. The van der Waals surface area contributed by atoms with Crippen LogP contribution in [0, 0.1) is 0 Å². The number of amides is 1. The standard InChI is InChI=1S/C19H23BN2O5/c23-10-15-17(2-1-13-14-6-16(14)20-27-19(13)15)26-12-8-22(9-12)18(24)5-11-7-21-3-4-25-11/h1-2,10-12,14,16,20-21H,3-9H2. The van der Waals surface area contributed by atoms with Crippen LogP contribution in [-0.4, -0.2) is 69.6 Å². The summed E-state index contributed by atoms with van der Waals surface area (Å²) in [5.74, 6) is 2.48. The quantitative estimate of drug-likeness (QED) is 0.601. The van der Waals surface area contributed by atoms with Gasteiger partial charge in [-0.15, -0.1) is 0 Å². The van der Waals surface area contributed by atoms with E-state index in [0.717, 1.165) is 31.4 Å². The highest BCUT2D eigenvalue weighted by Gasteiger charge is 2.46.